The third kappa shape index (κ3) is 3.11. The van der Waals surface area contributed by atoms with E-state index in [0.717, 1.165) is 43.1 Å². The molecule has 1 aliphatic rings. The van der Waals surface area contributed by atoms with Crippen molar-refractivity contribution in [3.05, 3.63) is 45.4 Å². The van der Waals surface area contributed by atoms with Crippen LogP contribution in [0.3, 0.4) is 0 Å². The summed E-state index contributed by atoms with van der Waals surface area (Å²) < 4.78 is 6.07. The average molecular weight is 302 g/mol. The number of hydrogen-bond donors (Lipinski definition) is 1. The van der Waals surface area contributed by atoms with Crippen molar-refractivity contribution in [1.29, 1.82) is 0 Å². The molecule has 3 nitrogen and oxygen atoms in total. The Bertz CT molecular complexity index is 584. The Balaban J connectivity index is 1.80. The van der Waals surface area contributed by atoms with E-state index in [0.29, 0.717) is 0 Å². The second-order valence-electron chi connectivity index (χ2n) is 5.37. The minimum atomic E-state index is 0.0957. The maximum atomic E-state index is 6.07. The Morgan fingerprint density at radius 2 is 2.19 bits per heavy atom. The van der Waals surface area contributed by atoms with Gasteiger partial charge in [0.2, 0.25) is 0 Å². The monoisotopic (exact) mass is 302 g/mol. The number of aromatic nitrogens is 1. The first kappa shape index (κ1) is 14.5. The molecule has 0 bridgehead atoms. The van der Waals surface area contributed by atoms with Crippen LogP contribution >= 0.6 is 11.3 Å². The second kappa shape index (κ2) is 6.58. The summed E-state index contributed by atoms with van der Waals surface area (Å²) in [4.78, 5) is 6.24. The van der Waals surface area contributed by atoms with Crippen LogP contribution in [-0.2, 0) is 19.4 Å². The van der Waals surface area contributed by atoms with Crippen LogP contribution in [0.15, 0.2) is 24.3 Å². The molecule has 2 heterocycles. The smallest absolute Gasteiger partial charge is 0.154 e. The fourth-order valence-electron chi connectivity index (χ4n) is 2.67. The van der Waals surface area contributed by atoms with Crippen molar-refractivity contribution < 1.29 is 4.74 Å². The van der Waals surface area contributed by atoms with Gasteiger partial charge in [-0.2, -0.15) is 0 Å². The molecular weight excluding hydrogens is 280 g/mol. The molecule has 0 radical (unpaired) electrons. The molecule has 1 atom stereocenters. The predicted octanol–water partition coefficient (Wildman–Crippen LogP) is 3.88. The van der Waals surface area contributed by atoms with E-state index in [-0.39, 0.29) is 6.10 Å². The number of thiazole rings is 1. The SMILES string of the molecule is CCCc1nc(C2Cc3ccccc3O2)sc1CNCC. The maximum absolute atomic E-state index is 6.07. The van der Waals surface area contributed by atoms with Crippen molar-refractivity contribution in [3.63, 3.8) is 0 Å². The van der Waals surface area contributed by atoms with Gasteiger partial charge in [-0.1, -0.05) is 38.5 Å². The molecule has 0 aliphatic carbocycles. The summed E-state index contributed by atoms with van der Waals surface area (Å²) in [7, 11) is 0. The van der Waals surface area contributed by atoms with Crippen molar-refractivity contribution >= 4 is 11.3 Å². The summed E-state index contributed by atoms with van der Waals surface area (Å²) in [5.74, 6) is 1.02. The lowest BCUT2D eigenvalue weighted by Crippen LogP contribution is -2.11. The summed E-state index contributed by atoms with van der Waals surface area (Å²) in [5.41, 5.74) is 2.54. The number of nitrogens with zero attached hydrogens (tertiary/aromatic N) is 1. The van der Waals surface area contributed by atoms with Crippen LogP contribution in [0.25, 0.3) is 0 Å². The molecule has 2 aromatic rings. The van der Waals surface area contributed by atoms with E-state index < -0.39 is 0 Å². The molecule has 0 spiro atoms. The van der Waals surface area contributed by atoms with Gasteiger partial charge in [-0.15, -0.1) is 11.3 Å². The van der Waals surface area contributed by atoms with Gasteiger partial charge < -0.3 is 10.1 Å². The molecular formula is C17H22N2OS. The molecule has 4 heteroatoms. The Labute approximate surface area is 130 Å². The van der Waals surface area contributed by atoms with Crippen LogP contribution in [0.4, 0.5) is 0 Å². The zero-order chi connectivity index (χ0) is 14.7. The molecule has 1 unspecified atom stereocenters. The molecule has 0 saturated carbocycles. The minimum Gasteiger partial charge on any atom is -0.483 e. The molecule has 1 N–H and O–H groups in total. The summed E-state index contributed by atoms with van der Waals surface area (Å²) in [6, 6.07) is 8.30. The molecule has 1 aromatic heterocycles. The highest BCUT2D eigenvalue weighted by Gasteiger charge is 2.27. The summed E-state index contributed by atoms with van der Waals surface area (Å²) in [6.45, 7) is 6.25. The number of ether oxygens (including phenoxy) is 1. The maximum Gasteiger partial charge on any atom is 0.154 e. The van der Waals surface area contributed by atoms with Gasteiger partial charge in [0.05, 0.1) is 5.69 Å². The Hall–Kier alpha value is -1.39. The van der Waals surface area contributed by atoms with E-state index in [4.69, 9.17) is 9.72 Å². The number of fused-ring (bicyclic) bond motifs is 1. The van der Waals surface area contributed by atoms with Crippen LogP contribution in [0.5, 0.6) is 5.75 Å². The molecule has 112 valence electrons. The van der Waals surface area contributed by atoms with Crippen LogP contribution in [-0.4, -0.2) is 11.5 Å². The van der Waals surface area contributed by atoms with Crippen molar-refractivity contribution in [3.8, 4) is 5.75 Å². The first-order valence-corrected chi connectivity index (χ1v) is 8.57. The minimum absolute atomic E-state index is 0.0957. The Morgan fingerprint density at radius 3 is 2.95 bits per heavy atom. The van der Waals surface area contributed by atoms with E-state index in [2.05, 4.69) is 37.4 Å². The number of rotatable bonds is 6. The van der Waals surface area contributed by atoms with Crippen LogP contribution in [0.1, 0.15) is 47.5 Å². The molecule has 0 fully saturated rings. The number of para-hydroxylation sites is 1. The number of aryl methyl sites for hydroxylation is 1. The molecule has 3 rings (SSSR count). The summed E-state index contributed by atoms with van der Waals surface area (Å²) in [6.07, 6.45) is 3.22. The normalized spacial score (nSPS) is 16.8. The van der Waals surface area contributed by atoms with Crippen molar-refractivity contribution in [2.45, 2.75) is 45.8 Å². The third-order valence-corrected chi connectivity index (χ3v) is 4.93. The van der Waals surface area contributed by atoms with E-state index in [1.54, 1.807) is 0 Å². The summed E-state index contributed by atoms with van der Waals surface area (Å²) >= 11 is 1.81. The van der Waals surface area contributed by atoms with Crippen LogP contribution < -0.4 is 10.1 Å². The highest BCUT2D eigenvalue weighted by atomic mass is 32.1. The zero-order valence-corrected chi connectivity index (χ0v) is 13.5. The van der Waals surface area contributed by atoms with Crippen molar-refractivity contribution in [2.24, 2.45) is 0 Å². The first-order chi connectivity index (χ1) is 10.3. The lowest BCUT2D eigenvalue weighted by molar-refractivity contribution is 0.238. The standard InChI is InChI=1S/C17H22N2OS/c1-3-7-13-16(11-18-4-2)21-17(19-13)15-10-12-8-5-6-9-14(12)20-15/h5-6,8-9,15,18H,3-4,7,10-11H2,1-2H3. The van der Waals surface area contributed by atoms with Gasteiger partial charge in [-0.3, -0.25) is 0 Å². The lowest BCUT2D eigenvalue weighted by Gasteiger charge is -2.06. The van der Waals surface area contributed by atoms with E-state index in [1.807, 2.05) is 17.4 Å². The largest absolute Gasteiger partial charge is 0.483 e. The lowest BCUT2D eigenvalue weighted by atomic mass is 10.1. The fraction of sp³-hybridized carbons (Fsp3) is 0.471. The average Bonchev–Trinajstić information content (AvgIpc) is 3.09. The first-order valence-electron chi connectivity index (χ1n) is 7.75. The van der Waals surface area contributed by atoms with Gasteiger partial charge >= 0.3 is 0 Å². The van der Waals surface area contributed by atoms with Crippen molar-refractivity contribution in [2.75, 3.05) is 6.54 Å². The Morgan fingerprint density at radius 1 is 1.33 bits per heavy atom. The van der Waals surface area contributed by atoms with Gasteiger partial charge in [-0.25, -0.2) is 4.98 Å². The number of nitrogens with one attached hydrogen (secondary N) is 1. The van der Waals surface area contributed by atoms with Crippen LogP contribution in [0, 0.1) is 0 Å². The molecule has 0 amide bonds. The van der Waals surface area contributed by atoms with Gasteiger partial charge in [-0.05, 0) is 24.6 Å². The number of benzene rings is 1. The molecule has 21 heavy (non-hydrogen) atoms. The Kier molecular flexibility index (Phi) is 4.56. The molecule has 1 aromatic carbocycles. The van der Waals surface area contributed by atoms with E-state index in [1.165, 1.54) is 16.1 Å². The van der Waals surface area contributed by atoms with Gasteiger partial charge in [0, 0.05) is 17.8 Å². The van der Waals surface area contributed by atoms with Crippen LogP contribution in [0.2, 0.25) is 0 Å². The summed E-state index contributed by atoms with van der Waals surface area (Å²) in [5, 5.41) is 4.54. The van der Waals surface area contributed by atoms with Gasteiger partial charge in [0.1, 0.15) is 10.8 Å². The number of hydrogen-bond acceptors (Lipinski definition) is 4. The fourth-order valence-corrected chi connectivity index (χ4v) is 3.78. The zero-order valence-electron chi connectivity index (χ0n) is 12.7. The third-order valence-electron chi connectivity index (χ3n) is 3.74. The topological polar surface area (TPSA) is 34.1 Å². The van der Waals surface area contributed by atoms with Crippen molar-refractivity contribution in [1.82, 2.24) is 10.3 Å². The molecule has 1 aliphatic heterocycles. The predicted molar refractivity (Wildman–Crippen MR) is 87.0 cm³/mol. The highest BCUT2D eigenvalue weighted by molar-refractivity contribution is 7.11. The van der Waals surface area contributed by atoms with E-state index >= 15 is 0 Å². The van der Waals surface area contributed by atoms with E-state index in [9.17, 15) is 0 Å². The quantitative estimate of drug-likeness (QED) is 0.879. The van der Waals surface area contributed by atoms with Gasteiger partial charge in [0.25, 0.3) is 0 Å². The highest BCUT2D eigenvalue weighted by Crippen LogP contribution is 2.38. The molecule has 0 saturated heterocycles. The van der Waals surface area contributed by atoms with Gasteiger partial charge in [0.15, 0.2) is 6.10 Å². The second-order valence-corrected chi connectivity index (χ2v) is 6.49.